The maximum Gasteiger partial charge on any atom is 0.160 e. The van der Waals surface area contributed by atoms with E-state index >= 15 is 0 Å². The Balaban J connectivity index is 3.02. The Hall–Kier alpha value is -1.18. The van der Waals surface area contributed by atoms with E-state index in [1.165, 1.54) is 16.2 Å². The molecule has 0 N–H and O–H groups in total. The van der Waals surface area contributed by atoms with Gasteiger partial charge in [0.05, 0.1) is 0 Å². The van der Waals surface area contributed by atoms with Crippen LogP contribution in [0.4, 0.5) is 0 Å². The molecular formula is C6H2N2. The first-order valence-corrected chi connectivity index (χ1v) is 2.54. The lowest BCUT2D eigenvalue weighted by atomic mass is 10.6. The van der Waals surface area contributed by atoms with E-state index in [4.69, 9.17) is 0 Å². The van der Waals surface area contributed by atoms with Crippen LogP contribution in [0.1, 0.15) is 0 Å². The van der Waals surface area contributed by atoms with Crippen molar-refractivity contribution in [2.45, 2.75) is 0 Å². The Bertz CT molecular complexity index is 358. The molecule has 0 radical (unpaired) electrons. The highest BCUT2D eigenvalue weighted by Gasteiger charge is 2.17. The molecule has 0 fully saturated rings. The Morgan fingerprint density at radius 1 is 1.00 bits per heavy atom. The minimum atomic E-state index is 0.926. The summed E-state index contributed by atoms with van der Waals surface area (Å²) in [5.74, 6) is 0. The second kappa shape index (κ2) is 0.616. The fourth-order valence-electron chi connectivity index (χ4n) is 1.14. The molecule has 8 heavy (non-hydrogen) atoms. The lowest BCUT2D eigenvalue weighted by molar-refractivity contribution is 1.37. The average molecular weight is 102 g/mol. The summed E-state index contributed by atoms with van der Waals surface area (Å²) in [4.78, 5) is 8.05. The van der Waals surface area contributed by atoms with Gasteiger partial charge in [-0.25, -0.2) is 9.97 Å². The standard InChI is InChI=1S/C6H2N2/c1-3-4-2-8-6(7-1)5(3)4/h1-2H. The molecule has 2 aromatic heterocycles. The van der Waals surface area contributed by atoms with Crippen molar-refractivity contribution in [3.63, 3.8) is 0 Å². The fraction of sp³-hybridized carbons (Fsp3) is 0. The molecule has 2 nitrogen and oxygen atoms in total. The Kier molecular flexibility index (Phi) is 0.229. The molecule has 0 aliphatic heterocycles. The van der Waals surface area contributed by atoms with Gasteiger partial charge in [-0.15, -0.1) is 0 Å². The largest absolute Gasteiger partial charge is 0.236 e. The minimum Gasteiger partial charge on any atom is -0.236 e. The molecule has 2 heteroatoms. The molecule has 0 spiro atoms. The molecule has 36 valence electrons. The molecule has 0 bridgehead atoms. The van der Waals surface area contributed by atoms with Gasteiger partial charge in [-0.3, -0.25) is 0 Å². The van der Waals surface area contributed by atoms with Gasteiger partial charge in [-0.05, 0) is 0 Å². The highest BCUT2D eigenvalue weighted by molar-refractivity contribution is 6.31. The van der Waals surface area contributed by atoms with Crippen LogP contribution in [0, 0.1) is 0 Å². The molecule has 0 aliphatic carbocycles. The van der Waals surface area contributed by atoms with Crippen molar-refractivity contribution in [2.24, 2.45) is 0 Å². The summed E-state index contributed by atoms with van der Waals surface area (Å²) in [6.45, 7) is 0. The van der Waals surface area contributed by atoms with E-state index in [1.54, 1.807) is 0 Å². The van der Waals surface area contributed by atoms with Gasteiger partial charge < -0.3 is 0 Å². The van der Waals surface area contributed by atoms with Crippen LogP contribution in [0.15, 0.2) is 12.4 Å². The van der Waals surface area contributed by atoms with Crippen LogP contribution in [0.3, 0.4) is 0 Å². The van der Waals surface area contributed by atoms with Gasteiger partial charge in [-0.1, -0.05) is 0 Å². The molecule has 0 saturated heterocycles. The van der Waals surface area contributed by atoms with E-state index in [0.717, 1.165) is 5.65 Å². The molecular weight excluding hydrogens is 100 g/mol. The number of rotatable bonds is 0. The van der Waals surface area contributed by atoms with Crippen LogP contribution >= 0.6 is 0 Å². The summed E-state index contributed by atoms with van der Waals surface area (Å²) in [7, 11) is 0. The molecule has 0 amide bonds. The van der Waals surface area contributed by atoms with Crippen molar-refractivity contribution in [1.29, 1.82) is 0 Å². The van der Waals surface area contributed by atoms with E-state index in [-0.39, 0.29) is 0 Å². The molecule has 0 unspecified atom stereocenters. The SMILES string of the molecule is c1nc2ncc3c1c23. The van der Waals surface area contributed by atoms with Gasteiger partial charge in [0, 0.05) is 28.6 Å². The lowest BCUT2D eigenvalue weighted by Gasteiger charge is -1.62. The summed E-state index contributed by atoms with van der Waals surface area (Å²) in [6, 6.07) is 0. The predicted octanol–water partition coefficient (Wildman–Crippen LogP) is 1.10. The number of fused-ring (bicyclic) bond motifs is 1. The third-order valence-electron chi connectivity index (χ3n) is 1.62. The van der Waals surface area contributed by atoms with E-state index < -0.39 is 0 Å². The van der Waals surface area contributed by atoms with Crippen molar-refractivity contribution in [1.82, 2.24) is 9.97 Å². The van der Waals surface area contributed by atoms with E-state index in [0.29, 0.717) is 0 Å². The minimum absolute atomic E-state index is 0.926. The number of hydrogen-bond donors (Lipinski definition) is 0. The number of pyridine rings is 2. The monoisotopic (exact) mass is 102 g/mol. The Morgan fingerprint density at radius 3 is 2.00 bits per heavy atom. The summed E-state index contributed by atoms with van der Waals surface area (Å²) < 4.78 is 0. The first kappa shape index (κ1) is 2.97. The number of nitrogens with zero attached hydrogens (tertiary/aromatic N) is 2. The Morgan fingerprint density at radius 2 is 1.62 bits per heavy atom. The summed E-state index contributed by atoms with van der Waals surface area (Å²) in [5, 5.41) is 3.93. The van der Waals surface area contributed by atoms with Crippen molar-refractivity contribution in [2.75, 3.05) is 0 Å². The molecule has 2 heterocycles. The zero-order chi connectivity index (χ0) is 5.14. The molecule has 3 aromatic rings. The van der Waals surface area contributed by atoms with Gasteiger partial charge in [0.15, 0.2) is 5.65 Å². The predicted molar refractivity (Wildman–Crippen MR) is 30.6 cm³/mol. The quantitative estimate of drug-likeness (QED) is 0.424. The summed E-state index contributed by atoms with van der Waals surface area (Å²) in [6.07, 6.45) is 3.76. The van der Waals surface area contributed by atoms with Crippen LogP contribution in [0.2, 0.25) is 0 Å². The fourth-order valence-corrected chi connectivity index (χ4v) is 1.14. The van der Waals surface area contributed by atoms with Crippen LogP contribution in [0.5, 0.6) is 0 Å². The van der Waals surface area contributed by atoms with Crippen molar-refractivity contribution < 1.29 is 0 Å². The van der Waals surface area contributed by atoms with E-state index in [9.17, 15) is 0 Å². The van der Waals surface area contributed by atoms with Crippen molar-refractivity contribution in [3.8, 4) is 0 Å². The van der Waals surface area contributed by atoms with Crippen molar-refractivity contribution >= 4 is 21.8 Å². The van der Waals surface area contributed by atoms with Gasteiger partial charge >= 0.3 is 0 Å². The zero-order valence-corrected chi connectivity index (χ0v) is 4.05. The molecule has 0 aliphatic rings. The summed E-state index contributed by atoms with van der Waals surface area (Å²) >= 11 is 0. The molecule has 3 rings (SSSR count). The third kappa shape index (κ3) is 0.135. The lowest BCUT2D eigenvalue weighted by Crippen LogP contribution is -1.58. The van der Waals surface area contributed by atoms with Gasteiger partial charge in [0.2, 0.25) is 0 Å². The van der Waals surface area contributed by atoms with Crippen molar-refractivity contribution in [3.05, 3.63) is 12.4 Å². The second-order valence-electron chi connectivity index (χ2n) is 2.04. The normalized spacial score (nSPS) is 13.0. The van der Waals surface area contributed by atoms with Crippen LogP contribution in [-0.2, 0) is 0 Å². The van der Waals surface area contributed by atoms with E-state index in [1.807, 2.05) is 12.4 Å². The molecule has 0 saturated carbocycles. The van der Waals surface area contributed by atoms with E-state index in [2.05, 4.69) is 9.97 Å². The topological polar surface area (TPSA) is 25.8 Å². The Labute approximate surface area is 45.2 Å². The highest BCUT2D eigenvalue weighted by atomic mass is 14.9. The third-order valence-corrected chi connectivity index (χ3v) is 1.62. The average Bonchev–Trinajstić information content (AvgIpc) is 2.11. The van der Waals surface area contributed by atoms with Gasteiger partial charge in [0.25, 0.3) is 0 Å². The number of aromatic nitrogens is 2. The molecule has 0 atom stereocenters. The van der Waals surface area contributed by atoms with Crippen LogP contribution in [-0.4, -0.2) is 9.97 Å². The van der Waals surface area contributed by atoms with Crippen LogP contribution < -0.4 is 0 Å². The first-order chi connectivity index (χ1) is 3.97. The first-order valence-electron chi connectivity index (χ1n) is 2.54. The number of hydrogen-bond acceptors (Lipinski definition) is 2. The second-order valence-corrected chi connectivity index (χ2v) is 2.04. The smallest absolute Gasteiger partial charge is 0.160 e. The van der Waals surface area contributed by atoms with Crippen LogP contribution in [0.25, 0.3) is 21.8 Å². The summed E-state index contributed by atoms with van der Waals surface area (Å²) in [5.41, 5.74) is 0.926. The maximum atomic E-state index is 4.03. The van der Waals surface area contributed by atoms with Gasteiger partial charge in [0.1, 0.15) is 0 Å². The highest BCUT2D eigenvalue weighted by Crippen LogP contribution is 2.38. The zero-order valence-electron chi connectivity index (χ0n) is 4.05. The maximum absolute atomic E-state index is 4.03. The van der Waals surface area contributed by atoms with Gasteiger partial charge in [-0.2, -0.15) is 0 Å². The molecule has 1 aromatic carbocycles.